The summed E-state index contributed by atoms with van der Waals surface area (Å²) in [6.45, 7) is -6.03. The third kappa shape index (κ3) is 18.3. The molecule has 2 aliphatic heterocycles. The normalized spacial score (nSPS) is 17.6. The number of carbonyl (C=O) groups is 10. The van der Waals surface area contributed by atoms with Crippen LogP contribution in [0.1, 0.15) is 38.5 Å². The van der Waals surface area contributed by atoms with Crippen LogP contribution in [-0.2, 0) is 47.9 Å². The molecule has 25 heteroatoms. The molecule has 0 aromatic heterocycles. The smallest absolute Gasteiger partial charge is 0.317 e. The first-order chi connectivity index (χ1) is 28.0. The van der Waals surface area contributed by atoms with Gasteiger partial charge in [0.2, 0.25) is 5.91 Å². The molecule has 0 bridgehead atoms. The molecule has 338 valence electrons. The molecule has 0 saturated carbocycles. The van der Waals surface area contributed by atoms with Crippen LogP contribution in [0.4, 0.5) is 0 Å². The van der Waals surface area contributed by atoms with Crippen molar-refractivity contribution < 1.29 is 88.8 Å². The Morgan fingerprint density at radius 2 is 0.733 bits per heavy atom. The lowest BCUT2D eigenvalue weighted by Crippen LogP contribution is -2.62. The van der Waals surface area contributed by atoms with Crippen molar-refractivity contribution in [2.45, 2.75) is 49.6 Å². The highest BCUT2D eigenvalue weighted by Crippen LogP contribution is 2.29. The fraction of sp³-hybridized carbons (Fsp3) is 0.714. The number of carboxylic acids is 8. The Balaban J connectivity index is 2.24. The maximum absolute atomic E-state index is 13.2. The number of Topliss-reactive ketones (excluding diaryl/α,β-unsaturated/α-hetero) is 1. The fourth-order valence-electron chi connectivity index (χ4n) is 7.87. The van der Waals surface area contributed by atoms with Crippen LogP contribution in [0, 0.1) is 0 Å². The number of hydrogen-bond acceptors (Lipinski definition) is 16. The molecule has 2 saturated heterocycles. The van der Waals surface area contributed by atoms with E-state index in [4.69, 9.17) is 0 Å². The van der Waals surface area contributed by atoms with Crippen LogP contribution in [0.3, 0.4) is 0 Å². The first-order valence-electron chi connectivity index (χ1n) is 19.0. The molecule has 25 nitrogen and oxygen atoms in total. The molecule has 0 radical (unpaired) electrons. The van der Waals surface area contributed by atoms with E-state index in [-0.39, 0.29) is 103 Å². The van der Waals surface area contributed by atoms with Crippen molar-refractivity contribution in [3.63, 3.8) is 0 Å². The van der Waals surface area contributed by atoms with Crippen LogP contribution in [-0.4, -0.2) is 252 Å². The molecule has 2 heterocycles. The van der Waals surface area contributed by atoms with E-state index in [0.717, 1.165) is 9.80 Å². The standard InChI is InChI=1S/C35H55N7O18/c43-24(3-5-34(41(16-30(53)54)17-31(55)56)20-37(12-26(45)46)8-9-38(21-34)13-27(47)48)2-1-7-36-25(44)4-6-35(42(18-32(57)58)19-33(59)60)22-39(14-28(49)50)10-11-40(23-35)15-29(51)52/h1-23H2,(H,36,44)(H,45,46)(H,47,48)(H,49,50)(H,51,52)(H,53,54)(H,55,56)(H,57,58)(H,59,60). The summed E-state index contributed by atoms with van der Waals surface area (Å²) in [4.78, 5) is 128. The van der Waals surface area contributed by atoms with E-state index in [2.05, 4.69) is 5.32 Å². The van der Waals surface area contributed by atoms with Crippen LogP contribution < -0.4 is 5.32 Å². The van der Waals surface area contributed by atoms with Gasteiger partial charge in [-0.05, 0) is 19.3 Å². The van der Waals surface area contributed by atoms with Gasteiger partial charge in [-0.1, -0.05) is 0 Å². The summed E-state index contributed by atoms with van der Waals surface area (Å²) in [5.41, 5.74) is -3.01. The molecule has 0 unspecified atom stereocenters. The van der Waals surface area contributed by atoms with Crippen molar-refractivity contribution in [3.8, 4) is 0 Å². The molecule has 1 amide bonds. The zero-order valence-electron chi connectivity index (χ0n) is 33.1. The average Bonchev–Trinajstić information content (AvgIpc) is 3.38. The Morgan fingerprint density at radius 3 is 1.02 bits per heavy atom. The van der Waals surface area contributed by atoms with Crippen LogP contribution in [0.25, 0.3) is 0 Å². The zero-order chi connectivity index (χ0) is 45.2. The minimum Gasteiger partial charge on any atom is -0.480 e. The lowest BCUT2D eigenvalue weighted by atomic mass is 9.87. The van der Waals surface area contributed by atoms with E-state index in [9.17, 15) is 88.8 Å². The summed E-state index contributed by atoms with van der Waals surface area (Å²) in [6, 6.07) is 0. The molecule has 0 aromatic carbocycles. The van der Waals surface area contributed by atoms with E-state index >= 15 is 0 Å². The van der Waals surface area contributed by atoms with Crippen molar-refractivity contribution in [1.82, 2.24) is 34.7 Å². The van der Waals surface area contributed by atoms with Gasteiger partial charge in [0.1, 0.15) is 5.78 Å². The van der Waals surface area contributed by atoms with Gasteiger partial charge in [-0.2, -0.15) is 0 Å². The third-order valence-corrected chi connectivity index (χ3v) is 10.3. The first-order valence-corrected chi connectivity index (χ1v) is 19.0. The molecule has 2 rings (SSSR count). The number of nitrogens with zero attached hydrogens (tertiary/aromatic N) is 6. The van der Waals surface area contributed by atoms with Crippen molar-refractivity contribution in [1.29, 1.82) is 0 Å². The van der Waals surface area contributed by atoms with Gasteiger partial charge in [0.25, 0.3) is 0 Å². The molecule has 9 N–H and O–H groups in total. The highest BCUT2D eigenvalue weighted by Gasteiger charge is 2.46. The van der Waals surface area contributed by atoms with Gasteiger partial charge in [0.15, 0.2) is 0 Å². The van der Waals surface area contributed by atoms with Crippen LogP contribution in [0.5, 0.6) is 0 Å². The van der Waals surface area contributed by atoms with Gasteiger partial charge in [-0.25, -0.2) is 0 Å². The second-order valence-electron chi connectivity index (χ2n) is 15.1. The predicted molar refractivity (Wildman–Crippen MR) is 201 cm³/mol. The average molecular weight is 862 g/mol. The summed E-state index contributed by atoms with van der Waals surface area (Å²) in [7, 11) is 0. The van der Waals surface area contributed by atoms with Crippen LogP contribution >= 0.6 is 0 Å². The molecule has 0 aliphatic carbocycles. The first kappa shape index (κ1) is 50.8. The van der Waals surface area contributed by atoms with Gasteiger partial charge >= 0.3 is 47.8 Å². The van der Waals surface area contributed by atoms with Crippen molar-refractivity contribution >= 4 is 59.4 Å². The maximum Gasteiger partial charge on any atom is 0.317 e. The van der Waals surface area contributed by atoms with Crippen molar-refractivity contribution in [2.75, 3.05) is 111 Å². The van der Waals surface area contributed by atoms with Crippen molar-refractivity contribution in [2.24, 2.45) is 0 Å². The molecular weight excluding hydrogens is 806 g/mol. The molecule has 0 atom stereocenters. The quantitative estimate of drug-likeness (QED) is 0.0339. The number of hydrogen-bond donors (Lipinski definition) is 9. The van der Waals surface area contributed by atoms with Crippen LogP contribution in [0.15, 0.2) is 0 Å². The second kappa shape index (κ2) is 24.0. The number of amides is 1. The summed E-state index contributed by atoms with van der Waals surface area (Å²) in [5, 5.41) is 79.4. The van der Waals surface area contributed by atoms with Gasteiger partial charge < -0.3 is 46.2 Å². The van der Waals surface area contributed by atoms with E-state index in [1.807, 2.05) is 0 Å². The Kier molecular flexibility index (Phi) is 20.4. The zero-order valence-corrected chi connectivity index (χ0v) is 33.1. The topological polar surface area (TPSA) is 364 Å². The summed E-state index contributed by atoms with van der Waals surface area (Å²) in [5.74, 6) is -11.6. The minimum atomic E-state index is -1.52. The Hall–Kier alpha value is -5.34. The van der Waals surface area contributed by atoms with E-state index in [1.54, 1.807) is 0 Å². The molecule has 2 aliphatic rings. The van der Waals surface area contributed by atoms with Gasteiger partial charge in [0.05, 0.1) is 52.4 Å². The summed E-state index contributed by atoms with van der Waals surface area (Å²) >= 11 is 0. The number of ketones is 1. The summed E-state index contributed by atoms with van der Waals surface area (Å²) < 4.78 is 0. The maximum atomic E-state index is 13.2. The van der Waals surface area contributed by atoms with Crippen LogP contribution in [0.2, 0.25) is 0 Å². The third-order valence-electron chi connectivity index (χ3n) is 10.3. The minimum absolute atomic E-state index is 0.0506. The predicted octanol–water partition coefficient (Wildman–Crippen LogP) is -3.99. The lowest BCUT2D eigenvalue weighted by molar-refractivity contribution is -0.149. The molecule has 60 heavy (non-hydrogen) atoms. The van der Waals surface area contributed by atoms with E-state index in [0.29, 0.717) is 0 Å². The Bertz CT molecular complexity index is 1400. The van der Waals surface area contributed by atoms with Gasteiger partial charge in [-0.15, -0.1) is 0 Å². The monoisotopic (exact) mass is 861 g/mol. The highest BCUT2D eigenvalue weighted by atomic mass is 16.4. The number of rotatable bonds is 28. The number of carbonyl (C=O) groups excluding carboxylic acids is 2. The summed E-state index contributed by atoms with van der Waals surface area (Å²) in [6.07, 6.45) is -1.03. The van der Waals surface area contributed by atoms with Gasteiger partial charge in [-0.3, -0.25) is 77.3 Å². The molecule has 2 fully saturated rings. The molecule has 0 spiro atoms. The fourth-order valence-corrected chi connectivity index (χ4v) is 7.87. The highest BCUT2D eigenvalue weighted by molar-refractivity contribution is 5.79. The van der Waals surface area contributed by atoms with Crippen molar-refractivity contribution in [3.05, 3.63) is 0 Å². The van der Waals surface area contributed by atoms with E-state index in [1.165, 1.54) is 19.6 Å². The largest absolute Gasteiger partial charge is 0.480 e. The van der Waals surface area contributed by atoms with E-state index < -0.39 is 117 Å². The lowest BCUT2D eigenvalue weighted by Gasteiger charge is -2.45. The molecular formula is C35H55N7O18. The number of carboxylic acid groups (broad SMARTS) is 8. The Morgan fingerprint density at radius 1 is 0.433 bits per heavy atom. The van der Waals surface area contributed by atoms with Gasteiger partial charge in [0, 0.05) is 89.2 Å². The number of aliphatic carboxylic acids is 8. The second-order valence-corrected chi connectivity index (χ2v) is 15.1. The Labute approximate surface area is 343 Å². The number of nitrogens with one attached hydrogen (secondary N) is 1. The SMILES string of the molecule is O=C(O)CN1CCN(CC(=O)O)CC(CCC(=O)CCCNC(=O)CCC2(N(CC(=O)O)CC(=O)O)CN(CC(=O)O)CCN(CC(=O)O)C2)(N(CC(=O)O)CC(=O)O)C1. The molecule has 0 aromatic rings.